The first-order chi connectivity index (χ1) is 9.10. The first-order valence-corrected chi connectivity index (χ1v) is 8.51. The van der Waals surface area contributed by atoms with Gasteiger partial charge in [0.25, 0.3) is 0 Å². The largest absolute Gasteiger partial charge is 0.481 e. The molecule has 1 saturated heterocycles. The van der Waals surface area contributed by atoms with Gasteiger partial charge in [-0.1, -0.05) is 11.8 Å². The van der Waals surface area contributed by atoms with Crippen LogP contribution in [0.1, 0.15) is 44.5 Å². The number of hydrogen-bond acceptors (Lipinski definition) is 5. The summed E-state index contributed by atoms with van der Waals surface area (Å²) < 4.78 is 2.25. The topological polar surface area (TPSA) is 68.0 Å². The molecule has 0 radical (unpaired) electrons. The van der Waals surface area contributed by atoms with E-state index < -0.39 is 5.97 Å². The third-order valence-electron chi connectivity index (χ3n) is 3.59. The Morgan fingerprint density at radius 1 is 1.58 bits per heavy atom. The molecule has 5 nitrogen and oxygen atoms in total. The number of carboxylic acids is 1. The van der Waals surface area contributed by atoms with Gasteiger partial charge >= 0.3 is 5.97 Å². The molecule has 2 heterocycles. The fraction of sp³-hybridized carbons (Fsp3) is 0.750. The molecule has 1 aromatic rings. The lowest BCUT2D eigenvalue weighted by Gasteiger charge is -2.22. The van der Waals surface area contributed by atoms with E-state index in [-0.39, 0.29) is 10.5 Å². The molecular formula is C12H17N3O2S2. The van der Waals surface area contributed by atoms with Crippen molar-refractivity contribution in [2.24, 2.45) is 0 Å². The molecule has 1 aromatic heterocycles. The van der Waals surface area contributed by atoms with Crippen molar-refractivity contribution in [3.05, 3.63) is 5.82 Å². The van der Waals surface area contributed by atoms with Crippen LogP contribution in [0.15, 0.2) is 5.16 Å². The molecule has 3 rings (SSSR count). The average Bonchev–Trinajstić information content (AvgIpc) is 2.95. The number of thioether (sulfide) groups is 2. The molecule has 19 heavy (non-hydrogen) atoms. The molecule has 0 bridgehead atoms. The maximum absolute atomic E-state index is 10.7. The van der Waals surface area contributed by atoms with E-state index in [1.807, 2.05) is 11.8 Å². The van der Waals surface area contributed by atoms with Crippen LogP contribution in [0.2, 0.25) is 0 Å². The van der Waals surface area contributed by atoms with Crippen LogP contribution in [0.3, 0.4) is 0 Å². The highest BCUT2D eigenvalue weighted by atomic mass is 32.2. The van der Waals surface area contributed by atoms with Crippen molar-refractivity contribution in [1.29, 1.82) is 0 Å². The van der Waals surface area contributed by atoms with Crippen molar-refractivity contribution in [3.63, 3.8) is 0 Å². The van der Waals surface area contributed by atoms with Crippen molar-refractivity contribution in [2.45, 2.75) is 48.6 Å². The van der Waals surface area contributed by atoms with Gasteiger partial charge in [0.2, 0.25) is 0 Å². The molecule has 1 atom stereocenters. The summed E-state index contributed by atoms with van der Waals surface area (Å²) in [5.41, 5.74) is 0. The van der Waals surface area contributed by atoms with Gasteiger partial charge in [-0.25, -0.2) is 0 Å². The first-order valence-electron chi connectivity index (χ1n) is 6.54. The van der Waals surface area contributed by atoms with Crippen molar-refractivity contribution < 1.29 is 9.90 Å². The minimum atomic E-state index is -0.807. The van der Waals surface area contributed by atoms with Crippen molar-refractivity contribution in [1.82, 2.24) is 14.8 Å². The summed E-state index contributed by atoms with van der Waals surface area (Å²) in [4.78, 5) is 10.7. The second-order valence-electron chi connectivity index (χ2n) is 5.27. The number of carboxylic acid groups (broad SMARTS) is 1. The van der Waals surface area contributed by atoms with Gasteiger partial charge in [0, 0.05) is 6.04 Å². The second-order valence-corrected chi connectivity index (χ2v) is 7.81. The number of aromatic nitrogens is 3. The van der Waals surface area contributed by atoms with Crippen LogP contribution in [0.25, 0.3) is 0 Å². The van der Waals surface area contributed by atoms with Crippen LogP contribution < -0.4 is 0 Å². The molecule has 0 aromatic carbocycles. The summed E-state index contributed by atoms with van der Waals surface area (Å²) in [6.45, 7) is 2.24. The molecule has 1 N–H and O–H groups in total. The Labute approximate surface area is 120 Å². The zero-order chi connectivity index (χ0) is 13.5. The zero-order valence-corrected chi connectivity index (χ0v) is 12.5. The molecule has 0 spiro atoms. The van der Waals surface area contributed by atoms with Gasteiger partial charge in [0.05, 0.1) is 10.5 Å². The lowest BCUT2D eigenvalue weighted by Crippen LogP contribution is -2.20. The van der Waals surface area contributed by atoms with Gasteiger partial charge in [-0.3, -0.25) is 4.79 Å². The maximum atomic E-state index is 10.7. The predicted molar refractivity (Wildman–Crippen MR) is 75.7 cm³/mol. The first kappa shape index (κ1) is 13.3. The molecule has 2 fully saturated rings. The lowest BCUT2D eigenvalue weighted by atomic mass is 10.1. The van der Waals surface area contributed by atoms with Crippen molar-refractivity contribution in [3.8, 4) is 0 Å². The predicted octanol–water partition coefficient (Wildman–Crippen LogP) is 2.53. The van der Waals surface area contributed by atoms with Crippen molar-refractivity contribution in [2.75, 3.05) is 11.5 Å². The van der Waals surface area contributed by atoms with E-state index in [0.717, 1.165) is 30.2 Å². The summed E-state index contributed by atoms with van der Waals surface area (Å²) in [5, 5.41) is 18.2. The number of aliphatic carboxylic acids is 1. The highest BCUT2D eigenvalue weighted by Crippen LogP contribution is 2.49. The quantitative estimate of drug-likeness (QED) is 0.843. The summed E-state index contributed by atoms with van der Waals surface area (Å²) in [5.74, 6) is 1.46. The van der Waals surface area contributed by atoms with E-state index in [9.17, 15) is 4.79 Å². The fourth-order valence-electron chi connectivity index (χ4n) is 2.48. The standard InChI is InChI=1S/C12H17N3O2S2/c1-12(5-2-6-19-12)10-13-14-11(18-7-9(16)17)15(10)8-3-4-8/h8H,2-7H2,1H3,(H,16,17). The van der Waals surface area contributed by atoms with Gasteiger partial charge in [-0.15, -0.1) is 22.0 Å². The molecule has 1 aliphatic heterocycles. The summed E-state index contributed by atoms with van der Waals surface area (Å²) >= 11 is 3.23. The highest BCUT2D eigenvalue weighted by molar-refractivity contribution is 8.00. The molecule has 1 saturated carbocycles. The molecule has 1 aliphatic carbocycles. The summed E-state index contributed by atoms with van der Waals surface area (Å²) in [6.07, 6.45) is 4.67. The van der Waals surface area contributed by atoms with Gasteiger partial charge in [0.1, 0.15) is 5.82 Å². The Hall–Kier alpha value is -0.690. The van der Waals surface area contributed by atoms with Gasteiger partial charge in [-0.05, 0) is 38.4 Å². The van der Waals surface area contributed by atoms with Crippen LogP contribution in [-0.2, 0) is 9.54 Å². The highest BCUT2D eigenvalue weighted by Gasteiger charge is 2.40. The molecule has 1 unspecified atom stereocenters. The van der Waals surface area contributed by atoms with Gasteiger partial charge in [0.15, 0.2) is 5.16 Å². The Bertz CT molecular complexity index is 493. The Morgan fingerprint density at radius 2 is 2.37 bits per heavy atom. The molecule has 7 heteroatoms. The minimum absolute atomic E-state index is 0.0503. The van der Waals surface area contributed by atoms with E-state index >= 15 is 0 Å². The average molecular weight is 299 g/mol. The third-order valence-corrected chi connectivity index (χ3v) is 6.04. The monoisotopic (exact) mass is 299 g/mol. The van der Waals surface area contributed by atoms with E-state index in [2.05, 4.69) is 21.7 Å². The van der Waals surface area contributed by atoms with E-state index in [0.29, 0.717) is 6.04 Å². The zero-order valence-electron chi connectivity index (χ0n) is 10.8. The van der Waals surface area contributed by atoms with Crippen LogP contribution in [0.4, 0.5) is 0 Å². The fourth-order valence-corrected chi connectivity index (χ4v) is 4.50. The van der Waals surface area contributed by atoms with Crippen LogP contribution in [0.5, 0.6) is 0 Å². The molecular weight excluding hydrogens is 282 g/mol. The van der Waals surface area contributed by atoms with E-state index in [1.54, 1.807) is 0 Å². The smallest absolute Gasteiger partial charge is 0.313 e. The van der Waals surface area contributed by atoms with E-state index in [4.69, 9.17) is 5.11 Å². The molecule has 0 amide bonds. The van der Waals surface area contributed by atoms with Crippen molar-refractivity contribution >= 4 is 29.5 Å². The van der Waals surface area contributed by atoms with Crippen LogP contribution in [-0.4, -0.2) is 37.3 Å². The molecule has 2 aliphatic rings. The number of carbonyl (C=O) groups is 1. The van der Waals surface area contributed by atoms with Gasteiger partial charge in [-0.2, -0.15) is 0 Å². The Balaban J connectivity index is 1.89. The van der Waals surface area contributed by atoms with Gasteiger partial charge < -0.3 is 9.67 Å². The second kappa shape index (κ2) is 5.01. The molecule has 104 valence electrons. The van der Waals surface area contributed by atoms with Crippen LogP contribution in [0, 0.1) is 0 Å². The maximum Gasteiger partial charge on any atom is 0.313 e. The lowest BCUT2D eigenvalue weighted by molar-refractivity contribution is -0.133. The minimum Gasteiger partial charge on any atom is -0.481 e. The van der Waals surface area contributed by atoms with E-state index in [1.165, 1.54) is 23.9 Å². The summed E-state index contributed by atoms with van der Waals surface area (Å²) in [7, 11) is 0. The van der Waals surface area contributed by atoms with Crippen LogP contribution >= 0.6 is 23.5 Å². The number of rotatable bonds is 5. The summed E-state index contributed by atoms with van der Waals surface area (Å²) in [6, 6.07) is 0.485. The number of hydrogen-bond donors (Lipinski definition) is 1. The SMILES string of the molecule is CC1(c2nnc(SCC(=O)O)n2C2CC2)CCCS1. The number of nitrogens with zero attached hydrogens (tertiary/aromatic N) is 3. The Kier molecular flexibility index (Phi) is 3.51. The third kappa shape index (κ3) is 2.63. The normalized spacial score (nSPS) is 26.8. The Morgan fingerprint density at radius 3 is 2.95 bits per heavy atom.